The van der Waals surface area contributed by atoms with Gasteiger partial charge in [-0.1, -0.05) is 18.2 Å². The average molecular weight is 376 g/mol. The topological polar surface area (TPSA) is 78.5 Å². The molecule has 1 heterocycles. The van der Waals surface area contributed by atoms with Crippen molar-refractivity contribution in [3.63, 3.8) is 0 Å². The third kappa shape index (κ3) is 6.05. The number of nitrogens with zero attached hydrogens (tertiary/aromatic N) is 1. The van der Waals surface area contributed by atoms with Crippen molar-refractivity contribution in [2.24, 2.45) is 5.92 Å². The number of likely N-dealkylation sites (N-methyl/N-ethyl adjacent to an activating group) is 1. The van der Waals surface area contributed by atoms with Crippen LogP contribution >= 0.6 is 12.4 Å². The normalized spacial score (nSPS) is 17.5. The Balaban J connectivity index is 0.00000288. The van der Waals surface area contributed by atoms with E-state index in [1.807, 2.05) is 24.3 Å². The first-order valence-electron chi connectivity index (χ1n) is 7.86. The Labute approximate surface area is 150 Å². The summed E-state index contributed by atoms with van der Waals surface area (Å²) in [6.45, 7) is 2.59. The number of sulfonamides is 1. The highest BCUT2D eigenvalue weighted by Gasteiger charge is 2.18. The summed E-state index contributed by atoms with van der Waals surface area (Å²) in [7, 11) is -1.71. The molecule has 1 saturated heterocycles. The monoisotopic (exact) mass is 375 g/mol. The first-order chi connectivity index (χ1) is 10.9. The number of hydrogen-bond donors (Lipinski definition) is 2. The molecule has 0 aromatic heterocycles. The molecule has 1 aromatic carbocycles. The maximum Gasteiger partial charge on any atom is 0.251 e. The van der Waals surface area contributed by atoms with E-state index in [1.54, 1.807) is 0 Å². The maximum atomic E-state index is 12.4. The second-order valence-electron chi connectivity index (χ2n) is 6.06. The predicted molar refractivity (Wildman–Crippen MR) is 98.2 cm³/mol. The van der Waals surface area contributed by atoms with E-state index >= 15 is 0 Å². The maximum absolute atomic E-state index is 12.4. The van der Waals surface area contributed by atoms with Gasteiger partial charge in [0.2, 0.25) is 10.0 Å². The fourth-order valence-electron chi connectivity index (χ4n) is 2.71. The molecule has 6 nitrogen and oxygen atoms in total. The molecule has 8 heteroatoms. The number of amides is 1. The third-order valence-electron chi connectivity index (χ3n) is 4.21. The molecule has 1 aliphatic rings. The molecule has 1 fully saturated rings. The van der Waals surface area contributed by atoms with E-state index in [1.165, 1.54) is 11.4 Å². The summed E-state index contributed by atoms with van der Waals surface area (Å²) in [6, 6.07) is 7.63. The Bertz CT molecular complexity index is 646. The van der Waals surface area contributed by atoms with Crippen molar-refractivity contribution >= 4 is 28.3 Å². The van der Waals surface area contributed by atoms with Crippen molar-refractivity contribution in [2.45, 2.75) is 12.8 Å². The third-order valence-corrected chi connectivity index (χ3v) is 5.53. The molecular formula is C16H26ClN3O3S. The summed E-state index contributed by atoms with van der Waals surface area (Å²) < 4.78 is 23.9. The molecule has 24 heavy (non-hydrogen) atoms. The van der Waals surface area contributed by atoms with Gasteiger partial charge in [-0.25, -0.2) is 12.7 Å². The number of carbonyl (C=O) groups is 1. The summed E-state index contributed by atoms with van der Waals surface area (Å²) in [5, 5.41) is 6.15. The van der Waals surface area contributed by atoms with Crippen molar-refractivity contribution in [1.82, 2.24) is 14.9 Å². The van der Waals surface area contributed by atoms with Gasteiger partial charge in [0.1, 0.15) is 0 Å². The van der Waals surface area contributed by atoms with Crippen LogP contribution in [0.2, 0.25) is 0 Å². The van der Waals surface area contributed by atoms with Gasteiger partial charge in [-0.2, -0.15) is 0 Å². The van der Waals surface area contributed by atoms with Gasteiger partial charge in [0.05, 0.1) is 6.26 Å². The summed E-state index contributed by atoms with van der Waals surface area (Å²) in [5.41, 5.74) is 1.73. The lowest BCUT2D eigenvalue weighted by Gasteiger charge is -2.16. The minimum absolute atomic E-state index is 0. The zero-order chi connectivity index (χ0) is 16.9. The Morgan fingerprint density at radius 3 is 2.71 bits per heavy atom. The lowest BCUT2D eigenvalue weighted by Crippen LogP contribution is -2.36. The van der Waals surface area contributed by atoms with E-state index in [2.05, 4.69) is 10.6 Å². The largest absolute Gasteiger partial charge is 0.351 e. The highest BCUT2D eigenvalue weighted by atomic mass is 35.5. The van der Waals surface area contributed by atoms with Crippen LogP contribution in [0.3, 0.4) is 0 Å². The molecule has 0 spiro atoms. The van der Waals surface area contributed by atoms with Gasteiger partial charge < -0.3 is 10.6 Å². The molecule has 0 bridgehead atoms. The summed E-state index contributed by atoms with van der Waals surface area (Å²) >= 11 is 0. The van der Waals surface area contributed by atoms with Crippen molar-refractivity contribution in [2.75, 3.05) is 39.5 Å². The van der Waals surface area contributed by atoms with Gasteiger partial charge in [-0.3, -0.25) is 4.79 Å². The van der Waals surface area contributed by atoms with Crippen LogP contribution in [-0.4, -0.2) is 58.1 Å². The van der Waals surface area contributed by atoms with E-state index in [9.17, 15) is 13.2 Å². The Hall–Kier alpha value is -1.15. The number of rotatable bonds is 7. The van der Waals surface area contributed by atoms with E-state index in [4.69, 9.17) is 0 Å². The molecule has 1 atom stereocenters. The minimum Gasteiger partial charge on any atom is -0.351 e. The number of hydrogen-bond acceptors (Lipinski definition) is 4. The molecule has 1 amide bonds. The first-order valence-corrected chi connectivity index (χ1v) is 9.71. The summed E-state index contributed by atoms with van der Waals surface area (Å²) in [6.07, 6.45) is 3.18. The highest BCUT2D eigenvalue weighted by Crippen LogP contribution is 2.18. The second-order valence-corrected chi connectivity index (χ2v) is 8.15. The fourth-order valence-corrected chi connectivity index (χ4v) is 3.13. The molecule has 1 unspecified atom stereocenters. The van der Waals surface area contributed by atoms with Gasteiger partial charge in [-0.15, -0.1) is 12.4 Å². The van der Waals surface area contributed by atoms with Gasteiger partial charge in [-0.05, 0) is 43.5 Å². The Kier molecular flexibility index (Phi) is 8.15. The minimum atomic E-state index is -3.21. The summed E-state index contributed by atoms with van der Waals surface area (Å²) in [4.78, 5) is 12.4. The Morgan fingerprint density at radius 1 is 1.38 bits per heavy atom. The van der Waals surface area contributed by atoms with E-state index < -0.39 is 10.0 Å². The fraction of sp³-hybridized carbons (Fsp3) is 0.562. The van der Waals surface area contributed by atoms with Crippen LogP contribution in [0.25, 0.3) is 0 Å². The quantitative estimate of drug-likeness (QED) is 0.741. The van der Waals surface area contributed by atoms with Crippen molar-refractivity contribution in [3.05, 3.63) is 35.4 Å². The van der Waals surface area contributed by atoms with E-state index in [-0.39, 0.29) is 24.9 Å². The van der Waals surface area contributed by atoms with Gasteiger partial charge in [0, 0.05) is 25.7 Å². The van der Waals surface area contributed by atoms with Crippen LogP contribution in [0.4, 0.5) is 0 Å². The van der Waals surface area contributed by atoms with Crippen LogP contribution in [0.15, 0.2) is 24.3 Å². The molecule has 1 aromatic rings. The smallest absolute Gasteiger partial charge is 0.251 e. The molecule has 1 aliphatic heterocycles. The zero-order valence-electron chi connectivity index (χ0n) is 14.1. The standard InChI is InChI=1S/C16H25N3O3S.ClH/c1-19(23(2,21)22)10-9-18-16(20)15-6-4-3-5-14(15)11-13-7-8-17-12-13;/h3-6,13,17H,7-12H2,1-2H3,(H,18,20);1H. The van der Waals surface area contributed by atoms with Crippen LogP contribution in [-0.2, 0) is 16.4 Å². The first kappa shape index (κ1) is 20.9. The van der Waals surface area contributed by atoms with E-state index in [0.717, 1.165) is 37.8 Å². The van der Waals surface area contributed by atoms with Gasteiger partial charge in [0.15, 0.2) is 0 Å². The molecule has 0 aliphatic carbocycles. The second kappa shape index (κ2) is 9.36. The summed E-state index contributed by atoms with van der Waals surface area (Å²) in [5.74, 6) is 0.425. The molecule has 0 radical (unpaired) electrons. The lowest BCUT2D eigenvalue weighted by atomic mass is 9.94. The zero-order valence-corrected chi connectivity index (χ0v) is 15.8. The van der Waals surface area contributed by atoms with Crippen molar-refractivity contribution in [3.8, 4) is 0 Å². The molecule has 2 N–H and O–H groups in total. The lowest BCUT2D eigenvalue weighted by molar-refractivity contribution is 0.0951. The van der Waals surface area contributed by atoms with Gasteiger partial charge in [0.25, 0.3) is 5.91 Å². The predicted octanol–water partition coefficient (Wildman–Crippen LogP) is 0.882. The van der Waals surface area contributed by atoms with Crippen molar-refractivity contribution < 1.29 is 13.2 Å². The Morgan fingerprint density at radius 2 is 2.08 bits per heavy atom. The van der Waals surface area contributed by atoms with Crippen LogP contribution in [0.5, 0.6) is 0 Å². The molecule has 2 rings (SSSR count). The number of benzene rings is 1. The van der Waals surface area contributed by atoms with Crippen LogP contribution in [0, 0.1) is 5.92 Å². The van der Waals surface area contributed by atoms with Crippen LogP contribution in [0.1, 0.15) is 22.3 Å². The number of halogens is 1. The highest BCUT2D eigenvalue weighted by molar-refractivity contribution is 7.88. The van der Waals surface area contributed by atoms with Crippen molar-refractivity contribution in [1.29, 1.82) is 0 Å². The number of nitrogens with one attached hydrogen (secondary N) is 2. The molecule has 136 valence electrons. The van der Waals surface area contributed by atoms with Crippen LogP contribution < -0.4 is 10.6 Å². The number of carbonyl (C=O) groups excluding carboxylic acids is 1. The van der Waals surface area contributed by atoms with Gasteiger partial charge >= 0.3 is 0 Å². The average Bonchev–Trinajstić information content (AvgIpc) is 2.99. The molecule has 0 saturated carbocycles. The molecular weight excluding hydrogens is 350 g/mol. The SMILES string of the molecule is CN(CCNC(=O)c1ccccc1CC1CCNC1)S(C)(=O)=O.Cl. The van der Waals surface area contributed by atoms with E-state index in [0.29, 0.717) is 18.0 Å².